The Morgan fingerprint density at radius 2 is 1.89 bits per heavy atom. The molecule has 5 nitrogen and oxygen atoms in total. The first-order chi connectivity index (χ1) is 9.05. The molecule has 1 fully saturated rings. The smallest absolute Gasteiger partial charge is 0.329 e. The topological polar surface area (TPSA) is 75.6 Å². The van der Waals surface area contributed by atoms with Crippen molar-refractivity contribution in [3.8, 4) is 0 Å². The molecule has 1 heterocycles. The number of hydrogen-bond donors (Lipinski definition) is 2. The van der Waals surface area contributed by atoms with Gasteiger partial charge in [-0.05, 0) is 12.1 Å². The number of ether oxygens (including phenoxy) is 1. The van der Waals surface area contributed by atoms with Crippen molar-refractivity contribution in [3.63, 3.8) is 0 Å². The number of hydrogen-bond acceptors (Lipinski definition) is 3. The van der Waals surface area contributed by atoms with Crippen LogP contribution in [0.3, 0.4) is 0 Å². The van der Waals surface area contributed by atoms with E-state index in [-0.39, 0.29) is 31.6 Å². The summed E-state index contributed by atoms with van der Waals surface area (Å²) in [6.45, 7) is 0.508. The van der Waals surface area contributed by atoms with E-state index in [9.17, 15) is 19.1 Å². The Kier molecular flexibility index (Phi) is 3.80. The normalized spacial score (nSPS) is 17.7. The van der Waals surface area contributed by atoms with E-state index < -0.39 is 23.2 Å². The highest BCUT2D eigenvalue weighted by atomic mass is 19.1. The molecule has 0 atom stereocenters. The van der Waals surface area contributed by atoms with Crippen LogP contribution in [0, 0.1) is 5.82 Å². The number of amides is 1. The summed E-state index contributed by atoms with van der Waals surface area (Å²) in [5.41, 5.74) is -1.54. The number of carbonyl (C=O) groups excluding carboxylic acids is 1. The van der Waals surface area contributed by atoms with E-state index in [0.717, 1.165) is 6.07 Å². The number of carbonyl (C=O) groups is 2. The summed E-state index contributed by atoms with van der Waals surface area (Å²) in [4.78, 5) is 23.4. The van der Waals surface area contributed by atoms with Gasteiger partial charge in [0.25, 0.3) is 5.91 Å². The first-order valence-corrected chi connectivity index (χ1v) is 5.93. The second kappa shape index (κ2) is 5.36. The van der Waals surface area contributed by atoms with E-state index in [1.807, 2.05) is 0 Å². The van der Waals surface area contributed by atoms with Gasteiger partial charge in [0, 0.05) is 26.1 Å². The number of nitrogens with one attached hydrogen (secondary N) is 1. The Morgan fingerprint density at radius 3 is 2.47 bits per heavy atom. The van der Waals surface area contributed by atoms with Gasteiger partial charge in [-0.1, -0.05) is 12.1 Å². The molecule has 0 bridgehead atoms. The van der Waals surface area contributed by atoms with Crippen LogP contribution in [0.1, 0.15) is 23.2 Å². The number of aliphatic carboxylic acids is 1. The maximum absolute atomic E-state index is 13.5. The summed E-state index contributed by atoms with van der Waals surface area (Å²) in [6, 6.07) is 5.47. The zero-order valence-corrected chi connectivity index (χ0v) is 10.2. The average molecular weight is 267 g/mol. The molecule has 1 amide bonds. The molecule has 1 aliphatic heterocycles. The third-order valence-corrected chi connectivity index (χ3v) is 3.23. The summed E-state index contributed by atoms with van der Waals surface area (Å²) < 4.78 is 18.6. The summed E-state index contributed by atoms with van der Waals surface area (Å²) >= 11 is 0. The number of benzene rings is 1. The van der Waals surface area contributed by atoms with Crippen molar-refractivity contribution in [1.82, 2.24) is 5.32 Å². The van der Waals surface area contributed by atoms with Gasteiger partial charge in [-0.15, -0.1) is 0 Å². The van der Waals surface area contributed by atoms with E-state index >= 15 is 0 Å². The van der Waals surface area contributed by atoms with Crippen LogP contribution in [-0.2, 0) is 9.53 Å². The van der Waals surface area contributed by atoms with Crippen LogP contribution in [0.15, 0.2) is 24.3 Å². The van der Waals surface area contributed by atoms with Crippen molar-refractivity contribution in [3.05, 3.63) is 35.6 Å². The molecule has 0 aromatic heterocycles. The predicted octanol–water partition coefficient (Wildman–Crippen LogP) is 1.19. The largest absolute Gasteiger partial charge is 0.480 e. The molecule has 19 heavy (non-hydrogen) atoms. The molecule has 0 aliphatic carbocycles. The van der Waals surface area contributed by atoms with Crippen molar-refractivity contribution in [2.24, 2.45) is 0 Å². The third kappa shape index (κ3) is 2.73. The molecule has 2 N–H and O–H groups in total. The Morgan fingerprint density at radius 1 is 1.26 bits per heavy atom. The van der Waals surface area contributed by atoms with Gasteiger partial charge in [0.1, 0.15) is 11.4 Å². The van der Waals surface area contributed by atoms with Crippen molar-refractivity contribution in [2.45, 2.75) is 18.4 Å². The van der Waals surface area contributed by atoms with Crippen LogP contribution in [0.4, 0.5) is 4.39 Å². The second-order valence-electron chi connectivity index (χ2n) is 4.43. The molecular weight excluding hydrogens is 253 g/mol. The lowest BCUT2D eigenvalue weighted by Gasteiger charge is -2.33. The number of carboxylic acid groups (broad SMARTS) is 1. The molecule has 1 aromatic rings. The van der Waals surface area contributed by atoms with Gasteiger partial charge in [0.15, 0.2) is 0 Å². The van der Waals surface area contributed by atoms with Crippen LogP contribution in [0.25, 0.3) is 0 Å². The lowest BCUT2D eigenvalue weighted by Crippen LogP contribution is -2.57. The number of halogens is 1. The lowest BCUT2D eigenvalue weighted by molar-refractivity contribution is -0.148. The maximum atomic E-state index is 13.5. The number of rotatable bonds is 3. The van der Waals surface area contributed by atoms with Gasteiger partial charge in [-0.2, -0.15) is 0 Å². The predicted molar refractivity (Wildman–Crippen MR) is 64.3 cm³/mol. The summed E-state index contributed by atoms with van der Waals surface area (Å²) in [5.74, 6) is -2.52. The Labute approximate surface area is 109 Å². The van der Waals surface area contributed by atoms with Crippen LogP contribution in [-0.4, -0.2) is 35.7 Å². The van der Waals surface area contributed by atoms with E-state index in [2.05, 4.69) is 5.32 Å². The SMILES string of the molecule is O=C(NC1(C(=O)O)CCOCC1)c1ccccc1F. The zero-order valence-electron chi connectivity index (χ0n) is 10.2. The highest BCUT2D eigenvalue weighted by molar-refractivity contribution is 5.98. The van der Waals surface area contributed by atoms with Crippen LogP contribution >= 0.6 is 0 Å². The van der Waals surface area contributed by atoms with Gasteiger partial charge in [0.05, 0.1) is 5.56 Å². The van der Waals surface area contributed by atoms with Crippen molar-refractivity contribution < 1.29 is 23.8 Å². The molecule has 1 saturated heterocycles. The average Bonchev–Trinajstić information content (AvgIpc) is 2.40. The molecule has 6 heteroatoms. The molecule has 0 unspecified atom stereocenters. The van der Waals surface area contributed by atoms with Crippen molar-refractivity contribution >= 4 is 11.9 Å². The summed E-state index contributed by atoms with van der Waals surface area (Å²) in [6.07, 6.45) is 0.338. The Hall–Kier alpha value is -1.95. The van der Waals surface area contributed by atoms with Crippen LogP contribution in [0.5, 0.6) is 0 Å². The first-order valence-electron chi connectivity index (χ1n) is 5.93. The zero-order chi connectivity index (χ0) is 13.9. The standard InChI is InChI=1S/C13H14FNO4/c14-10-4-2-1-3-9(10)11(16)15-13(12(17)18)5-7-19-8-6-13/h1-4H,5-8H2,(H,15,16)(H,17,18). The molecule has 0 radical (unpaired) electrons. The Bertz CT molecular complexity index is 497. The minimum absolute atomic E-state index is 0.158. The third-order valence-electron chi connectivity index (χ3n) is 3.23. The van der Waals surface area contributed by atoms with Crippen molar-refractivity contribution in [2.75, 3.05) is 13.2 Å². The van der Waals surface area contributed by atoms with E-state index in [1.54, 1.807) is 0 Å². The van der Waals surface area contributed by atoms with E-state index in [4.69, 9.17) is 4.74 Å². The van der Waals surface area contributed by atoms with Crippen LogP contribution in [0.2, 0.25) is 0 Å². The molecule has 0 spiro atoms. The van der Waals surface area contributed by atoms with Gasteiger partial charge in [0.2, 0.25) is 0 Å². The maximum Gasteiger partial charge on any atom is 0.329 e. The van der Waals surface area contributed by atoms with E-state index in [1.165, 1.54) is 18.2 Å². The van der Waals surface area contributed by atoms with E-state index in [0.29, 0.717) is 0 Å². The molecule has 1 aliphatic rings. The number of carboxylic acids is 1. The first kappa shape index (κ1) is 13.5. The fourth-order valence-electron chi connectivity index (χ4n) is 2.04. The minimum Gasteiger partial charge on any atom is -0.480 e. The highest BCUT2D eigenvalue weighted by Crippen LogP contribution is 2.22. The highest BCUT2D eigenvalue weighted by Gasteiger charge is 2.42. The monoisotopic (exact) mass is 267 g/mol. The summed E-state index contributed by atoms with van der Waals surface area (Å²) in [7, 11) is 0. The molecule has 1 aromatic carbocycles. The minimum atomic E-state index is -1.38. The Balaban J connectivity index is 2.20. The quantitative estimate of drug-likeness (QED) is 0.862. The van der Waals surface area contributed by atoms with Crippen molar-refractivity contribution in [1.29, 1.82) is 0 Å². The van der Waals surface area contributed by atoms with Gasteiger partial charge >= 0.3 is 5.97 Å². The van der Waals surface area contributed by atoms with Crippen LogP contribution < -0.4 is 5.32 Å². The lowest BCUT2D eigenvalue weighted by atomic mass is 9.89. The van der Waals surface area contributed by atoms with Gasteiger partial charge in [-0.25, -0.2) is 9.18 Å². The molecular formula is C13H14FNO4. The fourth-order valence-corrected chi connectivity index (χ4v) is 2.04. The van der Waals surface area contributed by atoms with Gasteiger partial charge in [-0.3, -0.25) is 4.79 Å². The molecule has 2 rings (SSSR count). The second-order valence-corrected chi connectivity index (χ2v) is 4.43. The van der Waals surface area contributed by atoms with Gasteiger partial charge < -0.3 is 15.2 Å². The molecule has 0 saturated carbocycles. The molecule has 102 valence electrons. The summed E-state index contributed by atoms with van der Waals surface area (Å²) in [5, 5.41) is 11.7. The fraction of sp³-hybridized carbons (Fsp3) is 0.385.